The number of aromatic nitrogens is 2. The molecule has 3 rings (SSSR count). The van der Waals surface area contributed by atoms with E-state index < -0.39 is 0 Å². The standard InChI is InChI=1S/C18H23N5O3/c1-3-13(2)19-17(24)14-6-7-16(21-20-14)22-8-10-23(11-9-22)18(25)15-5-4-12-26-15/h4-7,12-13H,3,8-11H2,1-2H3,(H,19,24). The van der Waals surface area contributed by atoms with Crippen LogP contribution in [0.1, 0.15) is 41.3 Å². The fourth-order valence-electron chi connectivity index (χ4n) is 2.71. The van der Waals surface area contributed by atoms with Crippen molar-refractivity contribution in [2.45, 2.75) is 26.3 Å². The Morgan fingerprint density at radius 1 is 1.19 bits per heavy atom. The van der Waals surface area contributed by atoms with Gasteiger partial charge in [0.25, 0.3) is 11.8 Å². The summed E-state index contributed by atoms with van der Waals surface area (Å²) in [4.78, 5) is 28.1. The number of nitrogens with one attached hydrogen (secondary N) is 1. The molecule has 0 bridgehead atoms. The Hall–Kier alpha value is -2.90. The van der Waals surface area contributed by atoms with E-state index >= 15 is 0 Å². The fourth-order valence-corrected chi connectivity index (χ4v) is 2.71. The number of piperazine rings is 1. The molecule has 1 N–H and O–H groups in total. The third kappa shape index (κ3) is 4.01. The summed E-state index contributed by atoms with van der Waals surface area (Å²) in [5.74, 6) is 0.746. The van der Waals surface area contributed by atoms with Gasteiger partial charge in [0.2, 0.25) is 0 Å². The normalized spacial score (nSPS) is 15.6. The van der Waals surface area contributed by atoms with Crippen molar-refractivity contribution in [1.29, 1.82) is 0 Å². The average Bonchev–Trinajstić information content (AvgIpc) is 3.22. The van der Waals surface area contributed by atoms with Crippen molar-refractivity contribution in [2.24, 2.45) is 0 Å². The number of hydrogen-bond donors (Lipinski definition) is 1. The molecule has 8 nitrogen and oxygen atoms in total. The van der Waals surface area contributed by atoms with Crippen LogP contribution in [-0.2, 0) is 0 Å². The number of anilines is 1. The van der Waals surface area contributed by atoms with Gasteiger partial charge in [-0.25, -0.2) is 0 Å². The van der Waals surface area contributed by atoms with E-state index in [4.69, 9.17) is 4.42 Å². The van der Waals surface area contributed by atoms with E-state index in [1.807, 2.05) is 13.8 Å². The van der Waals surface area contributed by atoms with Crippen LogP contribution in [0.15, 0.2) is 34.9 Å². The highest BCUT2D eigenvalue weighted by atomic mass is 16.3. The summed E-state index contributed by atoms with van der Waals surface area (Å²) in [6.07, 6.45) is 2.36. The van der Waals surface area contributed by atoms with Gasteiger partial charge in [0.05, 0.1) is 6.26 Å². The lowest BCUT2D eigenvalue weighted by molar-refractivity contribution is 0.0714. The first-order valence-corrected chi connectivity index (χ1v) is 8.80. The third-order valence-electron chi connectivity index (χ3n) is 4.50. The summed E-state index contributed by atoms with van der Waals surface area (Å²) in [6, 6.07) is 6.95. The van der Waals surface area contributed by atoms with Crippen LogP contribution in [0.5, 0.6) is 0 Å². The van der Waals surface area contributed by atoms with Crippen molar-refractivity contribution >= 4 is 17.6 Å². The molecule has 1 fully saturated rings. The summed E-state index contributed by atoms with van der Waals surface area (Å²) in [5, 5.41) is 11.1. The quantitative estimate of drug-likeness (QED) is 0.873. The van der Waals surface area contributed by atoms with E-state index in [1.165, 1.54) is 6.26 Å². The van der Waals surface area contributed by atoms with Crippen molar-refractivity contribution in [3.8, 4) is 0 Å². The van der Waals surface area contributed by atoms with Crippen molar-refractivity contribution in [2.75, 3.05) is 31.1 Å². The maximum absolute atomic E-state index is 12.3. The zero-order chi connectivity index (χ0) is 18.5. The minimum atomic E-state index is -0.215. The Balaban J connectivity index is 1.56. The predicted octanol–water partition coefficient (Wildman–Crippen LogP) is 1.56. The topological polar surface area (TPSA) is 91.6 Å². The lowest BCUT2D eigenvalue weighted by Crippen LogP contribution is -2.49. The van der Waals surface area contributed by atoms with Crippen LogP contribution in [-0.4, -0.2) is 59.1 Å². The summed E-state index contributed by atoms with van der Waals surface area (Å²) < 4.78 is 5.17. The molecule has 1 saturated heterocycles. The Bertz CT molecular complexity index is 737. The Labute approximate surface area is 152 Å². The number of nitrogens with zero attached hydrogens (tertiary/aromatic N) is 4. The second-order valence-corrected chi connectivity index (χ2v) is 6.32. The minimum absolute atomic E-state index is 0.0993. The van der Waals surface area contributed by atoms with Crippen LogP contribution in [0, 0.1) is 0 Å². The lowest BCUT2D eigenvalue weighted by atomic mass is 10.2. The second-order valence-electron chi connectivity index (χ2n) is 6.32. The Kier molecular flexibility index (Phi) is 5.50. The second kappa shape index (κ2) is 7.99. The van der Waals surface area contributed by atoms with E-state index in [9.17, 15) is 9.59 Å². The Morgan fingerprint density at radius 2 is 1.96 bits per heavy atom. The van der Waals surface area contributed by atoms with Crippen LogP contribution in [0.3, 0.4) is 0 Å². The first-order chi connectivity index (χ1) is 12.6. The fraction of sp³-hybridized carbons (Fsp3) is 0.444. The van der Waals surface area contributed by atoms with Crippen LogP contribution < -0.4 is 10.2 Å². The molecule has 2 aromatic heterocycles. The van der Waals surface area contributed by atoms with Gasteiger partial charge in [-0.1, -0.05) is 6.92 Å². The van der Waals surface area contributed by atoms with Crippen molar-refractivity contribution in [3.63, 3.8) is 0 Å². The van der Waals surface area contributed by atoms with Gasteiger partial charge < -0.3 is 19.5 Å². The highest BCUT2D eigenvalue weighted by Crippen LogP contribution is 2.15. The van der Waals surface area contributed by atoms with Crippen LogP contribution >= 0.6 is 0 Å². The smallest absolute Gasteiger partial charge is 0.289 e. The highest BCUT2D eigenvalue weighted by molar-refractivity contribution is 5.92. The zero-order valence-electron chi connectivity index (χ0n) is 15.0. The third-order valence-corrected chi connectivity index (χ3v) is 4.50. The lowest BCUT2D eigenvalue weighted by Gasteiger charge is -2.34. The first-order valence-electron chi connectivity index (χ1n) is 8.80. The molecular formula is C18H23N5O3. The van der Waals surface area contributed by atoms with E-state index in [0.717, 1.165) is 6.42 Å². The minimum Gasteiger partial charge on any atom is -0.459 e. The number of rotatable bonds is 5. The number of carbonyl (C=O) groups is 2. The highest BCUT2D eigenvalue weighted by Gasteiger charge is 2.24. The largest absolute Gasteiger partial charge is 0.459 e. The van der Waals surface area contributed by atoms with Gasteiger partial charge in [0.15, 0.2) is 17.3 Å². The Morgan fingerprint density at radius 3 is 2.54 bits per heavy atom. The molecular weight excluding hydrogens is 334 g/mol. The number of amides is 2. The molecule has 0 saturated carbocycles. The monoisotopic (exact) mass is 357 g/mol. The van der Waals surface area contributed by atoms with Gasteiger partial charge in [-0.15, -0.1) is 10.2 Å². The summed E-state index contributed by atoms with van der Waals surface area (Å²) in [7, 11) is 0. The maximum atomic E-state index is 12.3. The van der Waals surface area contributed by atoms with Crippen LogP contribution in [0.2, 0.25) is 0 Å². The molecule has 26 heavy (non-hydrogen) atoms. The first kappa shape index (κ1) is 17.9. The molecule has 8 heteroatoms. The average molecular weight is 357 g/mol. The molecule has 1 aliphatic heterocycles. The molecule has 0 spiro atoms. The molecule has 3 heterocycles. The van der Waals surface area contributed by atoms with E-state index in [1.54, 1.807) is 29.2 Å². The van der Waals surface area contributed by atoms with Gasteiger partial charge in [0.1, 0.15) is 0 Å². The number of hydrogen-bond acceptors (Lipinski definition) is 6. The molecule has 138 valence electrons. The van der Waals surface area contributed by atoms with Gasteiger partial charge >= 0.3 is 0 Å². The number of furan rings is 1. The molecule has 0 aromatic carbocycles. The summed E-state index contributed by atoms with van der Waals surface area (Å²) in [5.41, 5.74) is 0.306. The van der Waals surface area contributed by atoms with Gasteiger partial charge in [-0.3, -0.25) is 9.59 Å². The van der Waals surface area contributed by atoms with Crippen LogP contribution in [0.4, 0.5) is 5.82 Å². The zero-order valence-corrected chi connectivity index (χ0v) is 15.0. The molecule has 1 atom stereocenters. The molecule has 0 radical (unpaired) electrons. The van der Waals surface area contributed by atoms with Gasteiger partial charge in [0, 0.05) is 32.2 Å². The summed E-state index contributed by atoms with van der Waals surface area (Å²) >= 11 is 0. The molecule has 2 amide bonds. The van der Waals surface area contributed by atoms with Gasteiger partial charge in [-0.05, 0) is 37.6 Å². The summed E-state index contributed by atoms with van der Waals surface area (Å²) in [6.45, 7) is 6.42. The van der Waals surface area contributed by atoms with Gasteiger partial charge in [-0.2, -0.15) is 0 Å². The predicted molar refractivity (Wildman–Crippen MR) is 96.1 cm³/mol. The van der Waals surface area contributed by atoms with E-state index in [0.29, 0.717) is 43.5 Å². The molecule has 1 unspecified atom stereocenters. The number of carbonyl (C=O) groups excluding carboxylic acids is 2. The van der Waals surface area contributed by atoms with Crippen LogP contribution in [0.25, 0.3) is 0 Å². The van der Waals surface area contributed by atoms with Crippen molar-refractivity contribution in [1.82, 2.24) is 20.4 Å². The SMILES string of the molecule is CCC(C)NC(=O)c1ccc(N2CCN(C(=O)c3ccco3)CC2)nn1. The van der Waals surface area contributed by atoms with E-state index in [-0.39, 0.29) is 17.9 Å². The molecule has 1 aliphatic rings. The van der Waals surface area contributed by atoms with E-state index in [2.05, 4.69) is 20.4 Å². The molecule has 0 aliphatic carbocycles. The van der Waals surface area contributed by atoms with Crippen molar-refractivity contribution < 1.29 is 14.0 Å². The van der Waals surface area contributed by atoms with Crippen molar-refractivity contribution in [3.05, 3.63) is 42.0 Å². The maximum Gasteiger partial charge on any atom is 0.289 e. The molecule has 2 aromatic rings.